The molecule has 0 fully saturated rings. The maximum Gasteiger partial charge on any atom is 0.231 e. The van der Waals surface area contributed by atoms with Crippen molar-refractivity contribution < 1.29 is 18.9 Å². The molecule has 29 heavy (non-hydrogen) atoms. The standard InChI is InChI=1S/C21H16N4O4/c1-24(14-3-5-17-19(9-14)29-12-27-17)20-6-7-25-21(23-20)15(10-22-25)13-2-4-16-18(8-13)28-11-26-16/h2-10H,11-12H2,1H3. The minimum absolute atomic E-state index is 0.246. The zero-order valence-corrected chi connectivity index (χ0v) is 15.5. The van der Waals surface area contributed by atoms with E-state index in [1.54, 1.807) is 4.52 Å². The van der Waals surface area contributed by atoms with E-state index in [0.29, 0.717) is 0 Å². The molecule has 2 aliphatic heterocycles. The number of ether oxygens (including phenoxy) is 4. The Morgan fingerprint density at radius 2 is 1.59 bits per heavy atom. The van der Waals surface area contributed by atoms with Crippen molar-refractivity contribution in [3.63, 3.8) is 0 Å². The van der Waals surface area contributed by atoms with Crippen molar-refractivity contribution in [1.29, 1.82) is 0 Å². The first-order valence-electron chi connectivity index (χ1n) is 9.14. The molecule has 6 rings (SSSR count). The van der Waals surface area contributed by atoms with Crippen molar-refractivity contribution in [2.75, 3.05) is 25.5 Å². The largest absolute Gasteiger partial charge is 0.454 e. The normalized spacial score (nSPS) is 13.8. The lowest BCUT2D eigenvalue weighted by Crippen LogP contribution is -2.11. The van der Waals surface area contributed by atoms with Crippen LogP contribution in [0.3, 0.4) is 0 Å². The Hall–Kier alpha value is -3.94. The van der Waals surface area contributed by atoms with Crippen LogP contribution in [0.15, 0.2) is 54.9 Å². The first-order chi connectivity index (χ1) is 14.3. The summed E-state index contributed by atoms with van der Waals surface area (Å²) in [5.41, 5.74) is 3.60. The van der Waals surface area contributed by atoms with Gasteiger partial charge in [0.1, 0.15) is 5.82 Å². The fourth-order valence-corrected chi connectivity index (χ4v) is 3.54. The molecule has 0 saturated heterocycles. The zero-order valence-electron chi connectivity index (χ0n) is 15.5. The number of fused-ring (bicyclic) bond motifs is 3. The molecule has 0 unspecified atom stereocenters. The highest BCUT2D eigenvalue weighted by Crippen LogP contribution is 2.38. The molecule has 0 amide bonds. The van der Waals surface area contributed by atoms with Crippen molar-refractivity contribution in [3.05, 3.63) is 54.9 Å². The van der Waals surface area contributed by atoms with Crippen molar-refractivity contribution >= 4 is 17.2 Å². The van der Waals surface area contributed by atoms with Crippen LogP contribution in [0.4, 0.5) is 11.5 Å². The van der Waals surface area contributed by atoms with E-state index in [1.807, 2.05) is 66.8 Å². The lowest BCUT2D eigenvalue weighted by atomic mass is 10.1. The van der Waals surface area contributed by atoms with E-state index in [1.165, 1.54) is 0 Å². The van der Waals surface area contributed by atoms with Crippen molar-refractivity contribution in [1.82, 2.24) is 14.6 Å². The lowest BCUT2D eigenvalue weighted by molar-refractivity contribution is 0.173. The number of anilines is 2. The highest BCUT2D eigenvalue weighted by atomic mass is 16.7. The first-order valence-corrected chi connectivity index (χ1v) is 9.14. The molecule has 2 aromatic carbocycles. The molecule has 4 aromatic rings. The number of benzene rings is 2. The van der Waals surface area contributed by atoms with Crippen LogP contribution in [-0.4, -0.2) is 35.2 Å². The number of rotatable bonds is 3. The first kappa shape index (κ1) is 16.1. The molecule has 144 valence electrons. The highest BCUT2D eigenvalue weighted by Gasteiger charge is 2.18. The summed E-state index contributed by atoms with van der Waals surface area (Å²) in [5.74, 6) is 3.77. The Morgan fingerprint density at radius 3 is 2.41 bits per heavy atom. The zero-order chi connectivity index (χ0) is 19.4. The summed E-state index contributed by atoms with van der Waals surface area (Å²) >= 11 is 0. The molecule has 8 nitrogen and oxygen atoms in total. The van der Waals surface area contributed by atoms with E-state index in [4.69, 9.17) is 23.9 Å². The van der Waals surface area contributed by atoms with Gasteiger partial charge in [-0.1, -0.05) is 6.07 Å². The molecule has 4 heterocycles. The quantitative estimate of drug-likeness (QED) is 0.531. The molecule has 0 saturated carbocycles. The van der Waals surface area contributed by atoms with Crippen LogP contribution in [0, 0.1) is 0 Å². The number of hydrogen-bond acceptors (Lipinski definition) is 7. The molecule has 0 spiro atoms. The van der Waals surface area contributed by atoms with Crippen LogP contribution < -0.4 is 23.8 Å². The minimum atomic E-state index is 0.246. The van der Waals surface area contributed by atoms with Gasteiger partial charge in [0, 0.05) is 30.6 Å². The molecular weight excluding hydrogens is 372 g/mol. The van der Waals surface area contributed by atoms with Gasteiger partial charge in [-0.3, -0.25) is 0 Å². The van der Waals surface area contributed by atoms with Gasteiger partial charge in [-0.05, 0) is 35.9 Å². The Kier molecular flexibility index (Phi) is 3.34. The molecule has 0 atom stereocenters. The van der Waals surface area contributed by atoms with E-state index >= 15 is 0 Å². The molecule has 8 heteroatoms. The summed E-state index contributed by atoms with van der Waals surface area (Å²) in [4.78, 5) is 6.86. The van der Waals surface area contributed by atoms with Gasteiger partial charge in [0.05, 0.1) is 6.20 Å². The fourth-order valence-electron chi connectivity index (χ4n) is 3.54. The topological polar surface area (TPSA) is 70.4 Å². The average molecular weight is 388 g/mol. The predicted octanol–water partition coefficient (Wildman–Crippen LogP) is 3.62. The molecule has 0 aliphatic carbocycles. The molecule has 0 radical (unpaired) electrons. The Morgan fingerprint density at radius 1 is 0.862 bits per heavy atom. The van der Waals surface area contributed by atoms with Crippen LogP contribution >= 0.6 is 0 Å². The third-order valence-electron chi connectivity index (χ3n) is 5.13. The van der Waals surface area contributed by atoms with Crippen LogP contribution in [0.2, 0.25) is 0 Å². The number of nitrogens with zero attached hydrogens (tertiary/aromatic N) is 4. The fraction of sp³-hybridized carbons (Fsp3) is 0.143. The smallest absolute Gasteiger partial charge is 0.231 e. The van der Waals surface area contributed by atoms with E-state index in [0.717, 1.165) is 51.3 Å². The van der Waals surface area contributed by atoms with Gasteiger partial charge in [-0.25, -0.2) is 9.50 Å². The molecule has 2 aliphatic rings. The third-order valence-corrected chi connectivity index (χ3v) is 5.13. The van der Waals surface area contributed by atoms with Crippen molar-refractivity contribution in [2.24, 2.45) is 0 Å². The summed E-state index contributed by atoms with van der Waals surface area (Å²) in [5, 5.41) is 4.44. The summed E-state index contributed by atoms with van der Waals surface area (Å²) in [7, 11) is 1.97. The maximum absolute atomic E-state index is 5.51. The minimum Gasteiger partial charge on any atom is -0.454 e. The molecule has 0 bridgehead atoms. The average Bonchev–Trinajstić information content (AvgIpc) is 3.50. The highest BCUT2D eigenvalue weighted by molar-refractivity contribution is 5.80. The summed E-state index contributed by atoms with van der Waals surface area (Å²) in [6.45, 7) is 0.498. The van der Waals surface area contributed by atoms with Crippen LogP contribution in [0.5, 0.6) is 23.0 Å². The van der Waals surface area contributed by atoms with Gasteiger partial charge in [0.2, 0.25) is 13.6 Å². The van der Waals surface area contributed by atoms with Gasteiger partial charge < -0.3 is 23.8 Å². The Labute approximate surface area is 165 Å². The Bertz CT molecular complexity index is 1250. The summed E-state index contributed by atoms with van der Waals surface area (Å²) < 4.78 is 23.6. The monoisotopic (exact) mass is 388 g/mol. The van der Waals surface area contributed by atoms with Crippen LogP contribution in [0.25, 0.3) is 16.8 Å². The second kappa shape index (κ2) is 6.03. The second-order valence-electron chi connectivity index (χ2n) is 6.78. The van der Waals surface area contributed by atoms with Gasteiger partial charge >= 0.3 is 0 Å². The molecule has 0 N–H and O–H groups in total. The van der Waals surface area contributed by atoms with Gasteiger partial charge in [-0.2, -0.15) is 5.10 Å². The molecular formula is C21H16N4O4. The Balaban J connectivity index is 1.40. The molecule has 2 aromatic heterocycles. The van der Waals surface area contributed by atoms with E-state index < -0.39 is 0 Å². The predicted molar refractivity (Wildman–Crippen MR) is 105 cm³/mol. The van der Waals surface area contributed by atoms with Crippen molar-refractivity contribution in [2.45, 2.75) is 0 Å². The van der Waals surface area contributed by atoms with Gasteiger partial charge in [-0.15, -0.1) is 0 Å². The van der Waals surface area contributed by atoms with E-state index in [2.05, 4.69) is 5.10 Å². The third kappa shape index (κ3) is 2.53. The van der Waals surface area contributed by atoms with E-state index in [-0.39, 0.29) is 13.6 Å². The summed E-state index contributed by atoms with van der Waals surface area (Å²) in [6.07, 6.45) is 3.71. The van der Waals surface area contributed by atoms with Crippen molar-refractivity contribution in [3.8, 4) is 34.1 Å². The number of aromatic nitrogens is 3. The van der Waals surface area contributed by atoms with Gasteiger partial charge in [0.15, 0.2) is 28.6 Å². The second-order valence-corrected chi connectivity index (χ2v) is 6.78. The van der Waals surface area contributed by atoms with Crippen LogP contribution in [-0.2, 0) is 0 Å². The lowest BCUT2D eigenvalue weighted by Gasteiger charge is -2.18. The van der Waals surface area contributed by atoms with E-state index in [9.17, 15) is 0 Å². The SMILES string of the molecule is CN(c1ccc2c(c1)OCO2)c1ccn2ncc(-c3ccc4c(c3)OCO4)c2n1. The summed E-state index contributed by atoms with van der Waals surface area (Å²) in [6, 6.07) is 13.6. The number of hydrogen-bond donors (Lipinski definition) is 0. The van der Waals surface area contributed by atoms with Crippen LogP contribution in [0.1, 0.15) is 0 Å². The van der Waals surface area contributed by atoms with Gasteiger partial charge in [0.25, 0.3) is 0 Å². The maximum atomic E-state index is 5.51.